The monoisotopic (exact) mass is 452 g/mol. The van der Waals surface area contributed by atoms with Crippen LogP contribution in [0, 0.1) is 5.92 Å². The molecule has 0 atom stereocenters. The Morgan fingerprint density at radius 1 is 1.12 bits per heavy atom. The van der Waals surface area contributed by atoms with Crippen LogP contribution in [0.2, 0.25) is 0 Å². The van der Waals surface area contributed by atoms with Gasteiger partial charge in [-0.25, -0.2) is 0 Å². The minimum absolute atomic E-state index is 0.124. The molecule has 1 heterocycles. The van der Waals surface area contributed by atoms with E-state index in [1.807, 2.05) is 28.8 Å². The van der Waals surface area contributed by atoms with Gasteiger partial charge in [0, 0.05) is 17.8 Å². The summed E-state index contributed by atoms with van der Waals surface area (Å²) in [5.41, 5.74) is 1.63. The number of ether oxygens (including phenoxy) is 2. The molecule has 1 N–H and O–H groups in total. The molecule has 7 nitrogen and oxygen atoms in total. The molecular formula is C24H28N4O3S. The predicted molar refractivity (Wildman–Crippen MR) is 128 cm³/mol. The summed E-state index contributed by atoms with van der Waals surface area (Å²) in [6.45, 7) is 9.27. The number of thioether (sulfide) groups is 1. The molecule has 0 aliphatic heterocycles. The third-order valence-corrected chi connectivity index (χ3v) is 5.40. The summed E-state index contributed by atoms with van der Waals surface area (Å²) in [7, 11) is 1.60. The van der Waals surface area contributed by atoms with Crippen molar-refractivity contribution in [3.8, 4) is 22.9 Å². The molecule has 0 saturated carbocycles. The van der Waals surface area contributed by atoms with Gasteiger partial charge in [0.1, 0.15) is 11.5 Å². The predicted octanol–water partition coefficient (Wildman–Crippen LogP) is 4.91. The van der Waals surface area contributed by atoms with E-state index in [9.17, 15) is 4.79 Å². The number of anilines is 1. The number of carbonyl (C=O) groups excluding carboxylic acids is 1. The number of methoxy groups -OCH3 is 1. The van der Waals surface area contributed by atoms with Crippen molar-refractivity contribution in [3.05, 3.63) is 61.2 Å². The highest BCUT2D eigenvalue weighted by atomic mass is 32.2. The Hall–Kier alpha value is -3.26. The fourth-order valence-corrected chi connectivity index (χ4v) is 3.62. The van der Waals surface area contributed by atoms with Gasteiger partial charge in [-0.1, -0.05) is 31.7 Å². The van der Waals surface area contributed by atoms with Crippen molar-refractivity contribution in [3.63, 3.8) is 0 Å². The van der Waals surface area contributed by atoms with Crippen molar-refractivity contribution in [2.45, 2.75) is 25.5 Å². The van der Waals surface area contributed by atoms with E-state index in [1.54, 1.807) is 37.5 Å². The lowest BCUT2D eigenvalue weighted by molar-refractivity contribution is -0.113. The molecule has 0 unspecified atom stereocenters. The molecule has 0 saturated heterocycles. The van der Waals surface area contributed by atoms with E-state index in [1.165, 1.54) is 11.8 Å². The van der Waals surface area contributed by atoms with Crippen molar-refractivity contribution >= 4 is 23.4 Å². The van der Waals surface area contributed by atoms with E-state index >= 15 is 0 Å². The van der Waals surface area contributed by atoms with Crippen LogP contribution in [-0.2, 0) is 11.3 Å². The van der Waals surface area contributed by atoms with Crippen molar-refractivity contribution in [1.29, 1.82) is 0 Å². The van der Waals surface area contributed by atoms with Gasteiger partial charge in [-0.2, -0.15) is 0 Å². The Morgan fingerprint density at radius 2 is 1.81 bits per heavy atom. The van der Waals surface area contributed by atoms with E-state index in [0.717, 1.165) is 22.9 Å². The standard InChI is InChI=1S/C24H28N4O3S/c1-5-14-28-23(18-6-10-21(11-7-18)31-15-17(2)3)26-27-24(28)32-16-22(29)25-19-8-12-20(30-4)13-9-19/h5-13,17H,1,14-16H2,2-4H3,(H,25,29). The topological polar surface area (TPSA) is 78.3 Å². The van der Waals surface area contributed by atoms with Gasteiger partial charge in [0.15, 0.2) is 11.0 Å². The highest BCUT2D eigenvalue weighted by molar-refractivity contribution is 7.99. The van der Waals surface area contributed by atoms with Crippen molar-refractivity contribution < 1.29 is 14.3 Å². The molecule has 168 valence electrons. The van der Waals surface area contributed by atoms with Gasteiger partial charge in [0.25, 0.3) is 0 Å². The van der Waals surface area contributed by atoms with E-state index in [0.29, 0.717) is 29.9 Å². The summed E-state index contributed by atoms with van der Waals surface area (Å²) >= 11 is 1.33. The maximum atomic E-state index is 12.4. The van der Waals surface area contributed by atoms with Gasteiger partial charge in [-0.3, -0.25) is 9.36 Å². The summed E-state index contributed by atoms with van der Waals surface area (Å²) in [4.78, 5) is 12.4. The first kappa shape index (κ1) is 23.4. The molecule has 0 aliphatic carbocycles. The number of aromatic nitrogens is 3. The zero-order valence-electron chi connectivity index (χ0n) is 18.6. The second-order valence-electron chi connectivity index (χ2n) is 7.50. The molecule has 2 aromatic carbocycles. The lowest BCUT2D eigenvalue weighted by Crippen LogP contribution is -2.14. The van der Waals surface area contributed by atoms with Crippen molar-refractivity contribution in [2.75, 3.05) is 24.8 Å². The normalized spacial score (nSPS) is 10.8. The summed E-state index contributed by atoms with van der Waals surface area (Å²) in [5, 5.41) is 12.2. The van der Waals surface area contributed by atoms with E-state index in [-0.39, 0.29) is 11.7 Å². The maximum absolute atomic E-state index is 12.4. The summed E-state index contributed by atoms with van der Waals surface area (Å²) in [6, 6.07) is 15.0. The summed E-state index contributed by atoms with van der Waals surface area (Å²) < 4.78 is 12.8. The molecule has 0 radical (unpaired) electrons. The maximum Gasteiger partial charge on any atom is 0.234 e. The van der Waals surface area contributed by atoms with Gasteiger partial charge in [-0.05, 0) is 54.4 Å². The van der Waals surface area contributed by atoms with Gasteiger partial charge in [0.05, 0.1) is 19.5 Å². The van der Waals surface area contributed by atoms with Crippen LogP contribution in [0.4, 0.5) is 5.69 Å². The van der Waals surface area contributed by atoms with Gasteiger partial charge in [0.2, 0.25) is 5.91 Å². The number of hydrogen-bond donors (Lipinski definition) is 1. The Balaban J connectivity index is 1.66. The van der Waals surface area contributed by atoms with Crippen LogP contribution in [0.1, 0.15) is 13.8 Å². The van der Waals surface area contributed by atoms with Crippen molar-refractivity contribution in [2.24, 2.45) is 5.92 Å². The highest BCUT2D eigenvalue weighted by Gasteiger charge is 2.15. The number of hydrogen-bond acceptors (Lipinski definition) is 6. The Labute approximate surface area is 192 Å². The van der Waals surface area contributed by atoms with Gasteiger partial charge >= 0.3 is 0 Å². The van der Waals surface area contributed by atoms with Crippen LogP contribution in [0.25, 0.3) is 11.4 Å². The third-order valence-electron chi connectivity index (χ3n) is 4.43. The molecule has 0 spiro atoms. The molecule has 0 aliphatic rings. The second kappa shape index (κ2) is 11.4. The van der Waals surface area contributed by atoms with Gasteiger partial charge < -0.3 is 14.8 Å². The first-order valence-corrected chi connectivity index (χ1v) is 11.3. The first-order valence-electron chi connectivity index (χ1n) is 10.3. The Bertz CT molecular complexity index is 1030. The van der Waals surface area contributed by atoms with E-state index in [4.69, 9.17) is 9.47 Å². The van der Waals surface area contributed by atoms with E-state index < -0.39 is 0 Å². The SMILES string of the molecule is C=CCn1c(SCC(=O)Nc2ccc(OC)cc2)nnc1-c1ccc(OCC(C)C)cc1. The fourth-order valence-electron chi connectivity index (χ4n) is 2.87. The number of benzene rings is 2. The molecule has 32 heavy (non-hydrogen) atoms. The van der Waals surface area contributed by atoms with Crippen LogP contribution in [0.5, 0.6) is 11.5 Å². The molecule has 0 fully saturated rings. The number of amides is 1. The Morgan fingerprint density at radius 3 is 2.44 bits per heavy atom. The Kier molecular flexibility index (Phi) is 8.33. The smallest absolute Gasteiger partial charge is 0.234 e. The number of nitrogens with zero attached hydrogens (tertiary/aromatic N) is 3. The summed E-state index contributed by atoms with van der Waals surface area (Å²) in [6.07, 6.45) is 1.79. The average molecular weight is 453 g/mol. The third kappa shape index (κ3) is 6.37. The molecule has 3 rings (SSSR count). The summed E-state index contributed by atoms with van der Waals surface area (Å²) in [5.74, 6) is 2.83. The van der Waals surface area contributed by atoms with Crippen LogP contribution < -0.4 is 14.8 Å². The fraction of sp³-hybridized carbons (Fsp3) is 0.292. The van der Waals surface area contributed by atoms with Gasteiger partial charge in [-0.15, -0.1) is 16.8 Å². The average Bonchev–Trinajstić information content (AvgIpc) is 3.20. The molecule has 1 amide bonds. The van der Waals surface area contributed by atoms with Crippen molar-refractivity contribution in [1.82, 2.24) is 14.8 Å². The lowest BCUT2D eigenvalue weighted by Gasteiger charge is -2.10. The zero-order chi connectivity index (χ0) is 22.9. The number of nitrogens with one attached hydrogen (secondary N) is 1. The molecule has 3 aromatic rings. The highest BCUT2D eigenvalue weighted by Crippen LogP contribution is 2.26. The molecule has 0 bridgehead atoms. The van der Waals surface area contributed by atoms with Crippen LogP contribution >= 0.6 is 11.8 Å². The number of rotatable bonds is 11. The largest absolute Gasteiger partial charge is 0.497 e. The molecule has 1 aromatic heterocycles. The number of allylic oxidation sites excluding steroid dienone is 1. The minimum Gasteiger partial charge on any atom is -0.497 e. The van der Waals surface area contributed by atoms with E-state index in [2.05, 4.69) is 35.9 Å². The molecule has 8 heteroatoms. The lowest BCUT2D eigenvalue weighted by atomic mass is 10.2. The van der Waals surface area contributed by atoms with Crippen LogP contribution in [0.3, 0.4) is 0 Å². The van der Waals surface area contributed by atoms with Crippen LogP contribution in [0.15, 0.2) is 66.3 Å². The zero-order valence-corrected chi connectivity index (χ0v) is 19.4. The van der Waals surface area contributed by atoms with Crippen LogP contribution in [-0.4, -0.2) is 40.1 Å². The second-order valence-corrected chi connectivity index (χ2v) is 8.44. The quantitative estimate of drug-likeness (QED) is 0.329. The minimum atomic E-state index is -0.124. The number of carbonyl (C=O) groups is 1. The molecular weight excluding hydrogens is 424 g/mol. The first-order chi connectivity index (χ1) is 15.5.